The summed E-state index contributed by atoms with van der Waals surface area (Å²) in [5.74, 6) is 3.41. The first kappa shape index (κ1) is 15.3. The molecule has 2 fully saturated rings. The monoisotopic (exact) mass is 268 g/mol. The van der Waals surface area contributed by atoms with E-state index in [-0.39, 0.29) is 6.10 Å². The van der Waals surface area contributed by atoms with Crippen molar-refractivity contribution in [3.63, 3.8) is 0 Å². The lowest BCUT2D eigenvalue weighted by molar-refractivity contribution is 0.0126. The molecule has 19 heavy (non-hydrogen) atoms. The summed E-state index contributed by atoms with van der Waals surface area (Å²) in [4.78, 5) is 0. The lowest BCUT2D eigenvalue weighted by Gasteiger charge is -2.24. The highest BCUT2D eigenvalue weighted by molar-refractivity contribution is 4.86. The van der Waals surface area contributed by atoms with E-state index in [1.807, 2.05) is 0 Å². The van der Waals surface area contributed by atoms with Crippen LogP contribution in [0.5, 0.6) is 0 Å². The van der Waals surface area contributed by atoms with Gasteiger partial charge in [-0.15, -0.1) is 0 Å². The van der Waals surface area contributed by atoms with Gasteiger partial charge in [0.2, 0.25) is 0 Å². The fourth-order valence-electron chi connectivity index (χ4n) is 4.26. The van der Waals surface area contributed by atoms with E-state index >= 15 is 0 Å². The van der Waals surface area contributed by atoms with Gasteiger partial charge in [-0.25, -0.2) is 0 Å². The number of rotatable bonds is 5. The highest BCUT2D eigenvalue weighted by Gasteiger charge is 2.36. The van der Waals surface area contributed by atoms with Crippen LogP contribution in [0, 0.1) is 29.6 Å². The molecule has 0 amide bonds. The fraction of sp³-hybridized carbons (Fsp3) is 1.00. The third kappa shape index (κ3) is 3.72. The Hall–Kier alpha value is -0.0800. The second-order valence-electron chi connectivity index (χ2n) is 7.50. The van der Waals surface area contributed by atoms with Crippen LogP contribution in [0.4, 0.5) is 0 Å². The SMILES string of the molecule is CC(C)C1CC(OCC2CCCC2C(C)C)CC1O. The molecule has 0 aliphatic heterocycles. The standard InChI is InChI=1S/C17H32O2/c1-11(2)15-7-5-6-13(15)10-19-14-8-16(12(3)4)17(18)9-14/h11-18H,5-10H2,1-4H3. The van der Waals surface area contributed by atoms with Crippen molar-refractivity contribution in [3.05, 3.63) is 0 Å². The van der Waals surface area contributed by atoms with E-state index in [9.17, 15) is 5.11 Å². The van der Waals surface area contributed by atoms with E-state index in [2.05, 4.69) is 27.7 Å². The normalized spacial score (nSPS) is 39.6. The lowest BCUT2D eigenvalue weighted by Crippen LogP contribution is -2.22. The van der Waals surface area contributed by atoms with Crippen molar-refractivity contribution in [1.29, 1.82) is 0 Å². The third-order valence-corrected chi connectivity index (χ3v) is 5.51. The Bertz CT molecular complexity index is 274. The fourth-order valence-corrected chi connectivity index (χ4v) is 4.26. The second kappa shape index (κ2) is 6.58. The highest BCUT2D eigenvalue weighted by Crippen LogP contribution is 2.39. The first-order valence-corrected chi connectivity index (χ1v) is 8.28. The van der Waals surface area contributed by atoms with Gasteiger partial charge in [-0.2, -0.15) is 0 Å². The first-order valence-electron chi connectivity index (χ1n) is 8.28. The van der Waals surface area contributed by atoms with Crippen LogP contribution < -0.4 is 0 Å². The molecule has 0 saturated heterocycles. The molecular weight excluding hydrogens is 236 g/mol. The third-order valence-electron chi connectivity index (χ3n) is 5.51. The Morgan fingerprint density at radius 2 is 1.68 bits per heavy atom. The van der Waals surface area contributed by atoms with Gasteiger partial charge in [-0.05, 0) is 55.3 Å². The van der Waals surface area contributed by atoms with Crippen LogP contribution in [-0.2, 0) is 4.74 Å². The average molecular weight is 268 g/mol. The lowest BCUT2D eigenvalue weighted by atomic mass is 9.86. The van der Waals surface area contributed by atoms with E-state index in [1.165, 1.54) is 19.3 Å². The zero-order valence-corrected chi connectivity index (χ0v) is 13.1. The molecule has 2 aliphatic rings. The summed E-state index contributed by atoms with van der Waals surface area (Å²) in [6, 6.07) is 0. The average Bonchev–Trinajstić information content (AvgIpc) is 2.92. The van der Waals surface area contributed by atoms with E-state index < -0.39 is 0 Å². The first-order chi connectivity index (χ1) is 8.99. The van der Waals surface area contributed by atoms with Gasteiger partial charge in [-0.3, -0.25) is 0 Å². The van der Waals surface area contributed by atoms with Crippen LogP contribution in [0.1, 0.15) is 59.8 Å². The maximum absolute atomic E-state index is 10.1. The number of aliphatic hydroxyl groups excluding tert-OH is 1. The summed E-state index contributed by atoms with van der Waals surface area (Å²) in [6.45, 7) is 10.0. The molecule has 2 heteroatoms. The predicted octanol–water partition coefficient (Wildman–Crippen LogP) is 3.87. The van der Waals surface area contributed by atoms with Gasteiger partial charge in [0, 0.05) is 0 Å². The minimum Gasteiger partial charge on any atom is -0.393 e. The Balaban J connectivity index is 1.77. The number of ether oxygens (including phenoxy) is 1. The molecule has 0 spiro atoms. The topological polar surface area (TPSA) is 29.5 Å². The van der Waals surface area contributed by atoms with Gasteiger partial charge in [0.1, 0.15) is 0 Å². The quantitative estimate of drug-likeness (QED) is 0.820. The van der Waals surface area contributed by atoms with Crippen molar-refractivity contribution in [2.45, 2.75) is 72.0 Å². The largest absolute Gasteiger partial charge is 0.393 e. The number of aliphatic hydroxyl groups is 1. The summed E-state index contributed by atoms with van der Waals surface area (Å²) in [6.07, 6.45) is 6.16. The van der Waals surface area contributed by atoms with Crippen LogP contribution in [0.25, 0.3) is 0 Å². The zero-order valence-electron chi connectivity index (χ0n) is 13.1. The van der Waals surface area contributed by atoms with Crippen LogP contribution in [0.3, 0.4) is 0 Å². The van der Waals surface area contributed by atoms with Crippen LogP contribution in [0.2, 0.25) is 0 Å². The number of hydrogen-bond acceptors (Lipinski definition) is 2. The summed E-state index contributed by atoms with van der Waals surface area (Å²) in [5, 5.41) is 10.1. The predicted molar refractivity (Wildman–Crippen MR) is 79.0 cm³/mol. The Morgan fingerprint density at radius 1 is 1.00 bits per heavy atom. The van der Waals surface area contributed by atoms with E-state index in [0.29, 0.717) is 17.9 Å². The van der Waals surface area contributed by atoms with E-state index in [1.54, 1.807) is 0 Å². The molecular formula is C17H32O2. The van der Waals surface area contributed by atoms with Gasteiger partial charge >= 0.3 is 0 Å². The van der Waals surface area contributed by atoms with Gasteiger partial charge in [0.25, 0.3) is 0 Å². The second-order valence-corrected chi connectivity index (χ2v) is 7.50. The molecule has 5 atom stereocenters. The molecule has 2 nitrogen and oxygen atoms in total. The maximum atomic E-state index is 10.1. The van der Waals surface area contributed by atoms with Crippen molar-refractivity contribution < 1.29 is 9.84 Å². The summed E-state index contributed by atoms with van der Waals surface area (Å²) >= 11 is 0. The van der Waals surface area contributed by atoms with Crippen molar-refractivity contribution >= 4 is 0 Å². The Morgan fingerprint density at radius 3 is 2.26 bits per heavy atom. The maximum Gasteiger partial charge on any atom is 0.0603 e. The van der Waals surface area contributed by atoms with Gasteiger partial charge in [-0.1, -0.05) is 34.1 Å². The molecule has 112 valence electrons. The molecule has 0 aromatic rings. The zero-order chi connectivity index (χ0) is 14.0. The van der Waals surface area contributed by atoms with Crippen LogP contribution in [0.15, 0.2) is 0 Å². The summed E-state index contributed by atoms with van der Waals surface area (Å²) in [5.41, 5.74) is 0. The molecule has 0 aromatic heterocycles. The minimum absolute atomic E-state index is 0.144. The number of hydrogen-bond donors (Lipinski definition) is 1. The van der Waals surface area contributed by atoms with Gasteiger partial charge < -0.3 is 9.84 Å². The molecule has 2 saturated carbocycles. The smallest absolute Gasteiger partial charge is 0.0603 e. The van der Waals surface area contributed by atoms with E-state index in [4.69, 9.17) is 4.74 Å². The molecule has 0 bridgehead atoms. The van der Waals surface area contributed by atoms with Gasteiger partial charge in [0.15, 0.2) is 0 Å². The molecule has 2 rings (SSSR count). The van der Waals surface area contributed by atoms with Crippen molar-refractivity contribution in [2.24, 2.45) is 29.6 Å². The summed E-state index contributed by atoms with van der Waals surface area (Å²) in [7, 11) is 0. The van der Waals surface area contributed by atoms with Crippen LogP contribution >= 0.6 is 0 Å². The van der Waals surface area contributed by atoms with Crippen LogP contribution in [-0.4, -0.2) is 23.9 Å². The molecule has 1 N–H and O–H groups in total. The van der Waals surface area contributed by atoms with Crippen molar-refractivity contribution in [1.82, 2.24) is 0 Å². The molecule has 0 aromatic carbocycles. The van der Waals surface area contributed by atoms with Crippen molar-refractivity contribution in [2.75, 3.05) is 6.61 Å². The molecule has 2 aliphatic carbocycles. The summed E-state index contributed by atoms with van der Waals surface area (Å²) < 4.78 is 6.16. The Kier molecular flexibility index (Phi) is 5.30. The van der Waals surface area contributed by atoms with E-state index in [0.717, 1.165) is 37.2 Å². The Labute approximate surface area is 118 Å². The van der Waals surface area contributed by atoms with Gasteiger partial charge in [0.05, 0.1) is 18.8 Å². The molecule has 5 unspecified atom stereocenters. The highest BCUT2D eigenvalue weighted by atomic mass is 16.5. The minimum atomic E-state index is -0.144. The van der Waals surface area contributed by atoms with Crippen molar-refractivity contribution in [3.8, 4) is 0 Å². The molecule has 0 radical (unpaired) electrons. The molecule has 0 heterocycles.